The molecule has 1 atom stereocenters. The predicted octanol–water partition coefficient (Wildman–Crippen LogP) is 5.80. The lowest BCUT2D eigenvalue weighted by Crippen LogP contribution is -2.46. The number of ether oxygens (including phenoxy) is 1. The van der Waals surface area contributed by atoms with Crippen LogP contribution in [0, 0.1) is 6.92 Å². The highest BCUT2D eigenvalue weighted by Gasteiger charge is 2.32. The zero-order chi connectivity index (χ0) is 34.0. The number of aliphatic hydroxyl groups is 1. The monoisotopic (exact) mass is 651 g/mol. The highest BCUT2D eigenvalue weighted by atomic mass is 16.5. The van der Waals surface area contributed by atoms with E-state index in [1.165, 1.54) is 0 Å². The second-order valence-corrected chi connectivity index (χ2v) is 12.2. The number of nitrogens with one attached hydrogen (secondary N) is 1. The van der Waals surface area contributed by atoms with Crippen molar-refractivity contribution in [3.63, 3.8) is 0 Å². The van der Waals surface area contributed by atoms with E-state index in [-0.39, 0.29) is 36.5 Å². The molecule has 48 heavy (non-hydrogen) atoms. The van der Waals surface area contributed by atoms with Crippen LogP contribution in [0.1, 0.15) is 77.2 Å². The maximum absolute atomic E-state index is 14.5. The first-order chi connectivity index (χ1) is 23.3. The molecule has 0 saturated heterocycles. The van der Waals surface area contributed by atoms with Crippen molar-refractivity contribution in [2.75, 3.05) is 31.6 Å². The van der Waals surface area contributed by atoms with Gasteiger partial charge in [-0.3, -0.25) is 14.4 Å². The van der Waals surface area contributed by atoms with E-state index in [2.05, 4.69) is 19.2 Å². The van der Waals surface area contributed by atoms with Crippen molar-refractivity contribution in [3.8, 4) is 11.4 Å². The van der Waals surface area contributed by atoms with E-state index in [0.717, 1.165) is 36.8 Å². The third kappa shape index (κ3) is 8.12. The highest BCUT2D eigenvalue weighted by molar-refractivity contribution is 6.01. The molecule has 1 aliphatic heterocycles. The van der Waals surface area contributed by atoms with Crippen molar-refractivity contribution in [3.05, 3.63) is 107 Å². The molecule has 0 bridgehead atoms. The second kappa shape index (κ2) is 16.2. The number of hydrogen-bond donors (Lipinski definition) is 2. The molecule has 0 fully saturated rings. The van der Waals surface area contributed by atoms with E-state index in [9.17, 15) is 19.5 Å². The third-order valence-corrected chi connectivity index (χ3v) is 8.64. The molecule has 2 heterocycles. The Morgan fingerprint density at radius 1 is 0.938 bits per heavy atom. The van der Waals surface area contributed by atoms with Crippen LogP contribution in [0.5, 0.6) is 5.75 Å². The molecule has 10 heteroatoms. The molecule has 0 spiro atoms. The van der Waals surface area contributed by atoms with E-state index in [4.69, 9.17) is 9.84 Å². The highest BCUT2D eigenvalue weighted by Crippen LogP contribution is 2.29. The molecule has 252 valence electrons. The van der Waals surface area contributed by atoms with Gasteiger partial charge >= 0.3 is 0 Å². The van der Waals surface area contributed by atoms with E-state index in [0.29, 0.717) is 54.6 Å². The number of para-hydroxylation sites is 1. The summed E-state index contributed by atoms with van der Waals surface area (Å²) in [5, 5.41) is 17.9. The van der Waals surface area contributed by atoms with Crippen LogP contribution in [-0.4, -0.2) is 74.8 Å². The van der Waals surface area contributed by atoms with Crippen molar-refractivity contribution in [2.24, 2.45) is 0 Å². The maximum atomic E-state index is 14.5. The lowest BCUT2D eigenvalue weighted by molar-refractivity contribution is -0.118. The van der Waals surface area contributed by atoms with E-state index in [1.54, 1.807) is 46.0 Å². The average Bonchev–Trinajstić information content (AvgIpc) is 3.51. The van der Waals surface area contributed by atoms with Crippen LogP contribution in [0.25, 0.3) is 5.69 Å². The first-order valence-corrected chi connectivity index (χ1v) is 16.8. The topological polar surface area (TPSA) is 117 Å². The van der Waals surface area contributed by atoms with Crippen molar-refractivity contribution in [1.29, 1.82) is 0 Å². The molecule has 0 saturated carbocycles. The summed E-state index contributed by atoms with van der Waals surface area (Å²) in [6.45, 7) is 7.29. The lowest BCUT2D eigenvalue weighted by atomic mass is 9.93. The molecule has 4 aromatic rings. The number of benzene rings is 3. The fraction of sp³-hybridized carbons (Fsp3) is 0.368. The number of unbranched alkanes of at least 4 members (excludes halogenated alkanes) is 2. The maximum Gasteiger partial charge on any atom is 0.274 e. The third-order valence-electron chi connectivity index (χ3n) is 8.64. The molecule has 3 amide bonds. The van der Waals surface area contributed by atoms with E-state index < -0.39 is 6.04 Å². The Kier molecular flexibility index (Phi) is 11.6. The molecular formula is C38H45N5O5. The molecule has 0 aliphatic carbocycles. The van der Waals surface area contributed by atoms with Crippen LogP contribution in [0.2, 0.25) is 0 Å². The van der Waals surface area contributed by atoms with Gasteiger partial charge in [0.1, 0.15) is 5.75 Å². The number of carbonyl (C=O) groups excluding carboxylic acids is 3. The van der Waals surface area contributed by atoms with Crippen molar-refractivity contribution < 1.29 is 24.2 Å². The molecule has 5 rings (SSSR count). The van der Waals surface area contributed by atoms with Gasteiger partial charge in [0.25, 0.3) is 17.7 Å². The summed E-state index contributed by atoms with van der Waals surface area (Å²) in [6, 6.07) is 23.4. The summed E-state index contributed by atoms with van der Waals surface area (Å²) in [5.74, 6) is -0.262. The Bertz CT molecular complexity index is 1710. The summed E-state index contributed by atoms with van der Waals surface area (Å²) in [4.78, 5) is 44.5. The molecular weight excluding hydrogens is 606 g/mol. The van der Waals surface area contributed by atoms with Gasteiger partial charge in [-0.25, -0.2) is 4.68 Å². The minimum atomic E-state index is -0.431. The number of fused-ring (bicyclic) bond motifs is 1. The van der Waals surface area contributed by atoms with Crippen LogP contribution < -0.4 is 10.1 Å². The zero-order valence-electron chi connectivity index (χ0n) is 28.0. The minimum absolute atomic E-state index is 0.137. The van der Waals surface area contributed by atoms with Gasteiger partial charge in [0, 0.05) is 31.0 Å². The van der Waals surface area contributed by atoms with Gasteiger partial charge < -0.3 is 25.0 Å². The van der Waals surface area contributed by atoms with Gasteiger partial charge in [-0.1, -0.05) is 69.2 Å². The summed E-state index contributed by atoms with van der Waals surface area (Å²) in [5.41, 5.74) is 4.29. The van der Waals surface area contributed by atoms with Crippen molar-refractivity contribution in [1.82, 2.24) is 19.6 Å². The number of amides is 3. The van der Waals surface area contributed by atoms with Crippen LogP contribution in [0.4, 0.5) is 5.69 Å². The Hall–Kier alpha value is -4.96. The molecule has 2 N–H and O–H groups in total. The SMILES string of the molecule is CCCCN(CCCC)C(=O)c1cc(C)n(-c2ccc(NC(=O)COc3ccccc3)cc2C(=O)N2Cc3ccccc3C[C@H]2CO)n1. The van der Waals surface area contributed by atoms with Crippen LogP contribution in [0.3, 0.4) is 0 Å². The van der Waals surface area contributed by atoms with E-state index >= 15 is 0 Å². The summed E-state index contributed by atoms with van der Waals surface area (Å²) >= 11 is 0. The Balaban J connectivity index is 1.48. The fourth-order valence-electron chi connectivity index (χ4n) is 5.97. The summed E-state index contributed by atoms with van der Waals surface area (Å²) < 4.78 is 7.23. The normalized spacial score (nSPS) is 13.9. The molecule has 10 nitrogen and oxygen atoms in total. The number of aromatic nitrogens is 2. The number of rotatable bonds is 14. The van der Waals surface area contributed by atoms with Gasteiger partial charge in [0.15, 0.2) is 12.3 Å². The Morgan fingerprint density at radius 3 is 2.31 bits per heavy atom. The largest absolute Gasteiger partial charge is 0.484 e. The standard InChI is InChI=1S/C38H45N5O5/c1-4-6-19-41(20-7-5-2)38(47)34-21-27(3)43(40-34)35-18-17-30(39-36(45)26-48-32-15-9-8-10-16-32)23-33(35)37(46)42-24-29-14-12-11-13-28(29)22-31(42)25-44/h8-18,21,23,31,44H,4-7,19-20,22,24-26H2,1-3H3,(H,39,45)/t31-/m0/s1. The van der Waals surface area contributed by atoms with Crippen molar-refractivity contribution in [2.45, 2.75) is 65.5 Å². The number of anilines is 1. The first kappa shape index (κ1) is 34.4. The summed E-state index contributed by atoms with van der Waals surface area (Å²) in [6.07, 6.45) is 4.29. The quantitative estimate of drug-likeness (QED) is 0.178. The predicted molar refractivity (Wildman–Crippen MR) is 185 cm³/mol. The van der Waals surface area contributed by atoms with Gasteiger partial charge in [0.2, 0.25) is 0 Å². The smallest absolute Gasteiger partial charge is 0.274 e. The zero-order valence-corrected chi connectivity index (χ0v) is 28.0. The minimum Gasteiger partial charge on any atom is -0.484 e. The molecule has 3 aromatic carbocycles. The average molecular weight is 652 g/mol. The van der Waals surface area contributed by atoms with Crippen LogP contribution in [0.15, 0.2) is 78.9 Å². The number of carbonyl (C=O) groups is 3. The van der Waals surface area contributed by atoms with Gasteiger partial charge in [-0.15, -0.1) is 0 Å². The van der Waals surface area contributed by atoms with Gasteiger partial charge in [-0.2, -0.15) is 5.10 Å². The van der Waals surface area contributed by atoms with Crippen LogP contribution in [-0.2, 0) is 17.8 Å². The molecule has 0 radical (unpaired) electrons. The van der Waals surface area contributed by atoms with Gasteiger partial charge in [0.05, 0.1) is 23.9 Å². The Labute approximate surface area is 282 Å². The molecule has 0 unspecified atom stereocenters. The molecule has 1 aromatic heterocycles. The second-order valence-electron chi connectivity index (χ2n) is 12.2. The first-order valence-electron chi connectivity index (χ1n) is 16.8. The van der Waals surface area contributed by atoms with Crippen molar-refractivity contribution >= 4 is 23.4 Å². The number of nitrogens with zero attached hydrogens (tertiary/aromatic N) is 4. The Morgan fingerprint density at radius 2 is 1.62 bits per heavy atom. The fourth-order valence-corrected chi connectivity index (χ4v) is 5.97. The van der Waals surface area contributed by atoms with E-state index in [1.807, 2.05) is 54.3 Å². The number of hydrogen-bond acceptors (Lipinski definition) is 6. The van der Waals surface area contributed by atoms with Gasteiger partial charge in [-0.05, 0) is 73.7 Å². The molecule has 1 aliphatic rings. The lowest BCUT2D eigenvalue weighted by Gasteiger charge is -2.36. The number of aliphatic hydroxyl groups excluding tert-OH is 1. The summed E-state index contributed by atoms with van der Waals surface area (Å²) in [7, 11) is 0. The van der Waals surface area contributed by atoms with Crippen LogP contribution >= 0.6 is 0 Å². The number of aryl methyl sites for hydroxylation is 1.